The van der Waals surface area contributed by atoms with E-state index in [1.165, 1.54) is 17.7 Å². The second kappa shape index (κ2) is 5.62. The molecule has 1 unspecified atom stereocenters. The van der Waals surface area contributed by atoms with Crippen molar-refractivity contribution in [2.75, 3.05) is 7.11 Å². The van der Waals surface area contributed by atoms with Gasteiger partial charge in [-0.3, -0.25) is 0 Å². The Morgan fingerprint density at radius 3 is 2.42 bits per heavy atom. The van der Waals surface area contributed by atoms with Crippen molar-refractivity contribution in [3.8, 4) is 5.75 Å². The highest BCUT2D eigenvalue weighted by Crippen LogP contribution is 2.36. The van der Waals surface area contributed by atoms with E-state index in [0.717, 1.165) is 11.1 Å². The van der Waals surface area contributed by atoms with E-state index < -0.39 is 5.38 Å². The summed E-state index contributed by atoms with van der Waals surface area (Å²) in [7, 11) is 1.56. The molecule has 0 heterocycles. The van der Waals surface area contributed by atoms with Crippen LogP contribution in [0.5, 0.6) is 5.75 Å². The number of hydrogen-bond donors (Lipinski definition) is 0. The molecule has 100 valence electrons. The molecule has 0 fully saturated rings. The second-order valence-electron chi connectivity index (χ2n) is 4.61. The lowest BCUT2D eigenvalue weighted by Gasteiger charge is -2.17. The van der Waals surface area contributed by atoms with Gasteiger partial charge in [0, 0.05) is 5.56 Å². The largest absolute Gasteiger partial charge is 0.496 e. The summed E-state index contributed by atoms with van der Waals surface area (Å²) in [4.78, 5) is 0. The predicted octanol–water partition coefficient (Wildman–Crippen LogP) is 4.78. The lowest BCUT2D eigenvalue weighted by molar-refractivity contribution is 0.409. The minimum atomic E-state index is -0.425. The fourth-order valence-corrected chi connectivity index (χ4v) is 2.60. The van der Waals surface area contributed by atoms with Crippen LogP contribution < -0.4 is 4.74 Å². The molecule has 19 heavy (non-hydrogen) atoms. The van der Waals surface area contributed by atoms with Gasteiger partial charge in [-0.15, -0.1) is 11.6 Å². The second-order valence-corrected chi connectivity index (χ2v) is 5.05. The van der Waals surface area contributed by atoms with Crippen LogP contribution in [0.15, 0.2) is 36.4 Å². The van der Waals surface area contributed by atoms with Gasteiger partial charge in [-0.2, -0.15) is 0 Å². The molecule has 0 aromatic heterocycles. The van der Waals surface area contributed by atoms with Crippen LogP contribution in [0.2, 0.25) is 0 Å². The van der Waals surface area contributed by atoms with Gasteiger partial charge in [0.25, 0.3) is 0 Å². The van der Waals surface area contributed by atoms with Crippen molar-refractivity contribution in [1.82, 2.24) is 0 Å². The molecule has 2 aromatic carbocycles. The number of ether oxygens (including phenoxy) is 1. The Hall–Kier alpha value is -1.54. The summed E-state index contributed by atoms with van der Waals surface area (Å²) < 4.78 is 18.7. The van der Waals surface area contributed by atoms with Crippen molar-refractivity contribution < 1.29 is 9.13 Å². The molecule has 2 aromatic rings. The smallest absolute Gasteiger partial charge is 0.124 e. The Morgan fingerprint density at radius 1 is 1.05 bits per heavy atom. The fourth-order valence-electron chi connectivity index (χ4n) is 2.18. The van der Waals surface area contributed by atoms with Gasteiger partial charge < -0.3 is 4.74 Å². The molecule has 0 radical (unpaired) electrons. The zero-order valence-electron chi connectivity index (χ0n) is 11.2. The van der Waals surface area contributed by atoms with Gasteiger partial charge in [0.15, 0.2) is 0 Å². The summed E-state index contributed by atoms with van der Waals surface area (Å²) in [5, 5.41) is -0.425. The molecule has 0 aliphatic carbocycles. The molecule has 0 amide bonds. The molecule has 1 nitrogen and oxygen atoms in total. The summed E-state index contributed by atoms with van der Waals surface area (Å²) in [6.45, 7) is 4.03. The van der Waals surface area contributed by atoms with Crippen LogP contribution in [0.1, 0.15) is 27.6 Å². The lowest BCUT2D eigenvalue weighted by Crippen LogP contribution is -2.00. The van der Waals surface area contributed by atoms with E-state index >= 15 is 0 Å². The summed E-state index contributed by atoms with van der Waals surface area (Å²) in [6.07, 6.45) is 0. The first-order valence-electron chi connectivity index (χ1n) is 6.07. The first-order valence-corrected chi connectivity index (χ1v) is 6.51. The molecule has 0 saturated carbocycles. The normalized spacial score (nSPS) is 12.3. The number of halogens is 2. The van der Waals surface area contributed by atoms with Gasteiger partial charge in [0.2, 0.25) is 0 Å². The Labute approximate surface area is 118 Å². The molecule has 3 heteroatoms. The van der Waals surface area contributed by atoms with E-state index in [4.69, 9.17) is 16.3 Å². The average Bonchev–Trinajstić information content (AvgIpc) is 2.38. The fraction of sp³-hybridized carbons (Fsp3) is 0.250. The third-order valence-corrected chi connectivity index (χ3v) is 3.63. The summed E-state index contributed by atoms with van der Waals surface area (Å²) >= 11 is 6.50. The maximum Gasteiger partial charge on any atom is 0.124 e. The van der Waals surface area contributed by atoms with Gasteiger partial charge in [-0.25, -0.2) is 4.39 Å². The van der Waals surface area contributed by atoms with Crippen LogP contribution >= 0.6 is 11.6 Å². The topological polar surface area (TPSA) is 9.23 Å². The van der Waals surface area contributed by atoms with Crippen molar-refractivity contribution in [2.24, 2.45) is 0 Å². The van der Waals surface area contributed by atoms with Gasteiger partial charge in [0.1, 0.15) is 11.6 Å². The predicted molar refractivity (Wildman–Crippen MR) is 76.6 cm³/mol. The maximum absolute atomic E-state index is 13.4. The lowest BCUT2D eigenvalue weighted by atomic mass is 9.98. The quantitative estimate of drug-likeness (QED) is 0.734. The van der Waals surface area contributed by atoms with Crippen LogP contribution in [-0.2, 0) is 0 Å². The third kappa shape index (κ3) is 2.90. The van der Waals surface area contributed by atoms with Crippen molar-refractivity contribution in [2.45, 2.75) is 19.2 Å². The monoisotopic (exact) mass is 278 g/mol. The number of methoxy groups -OCH3 is 1. The number of rotatable bonds is 3. The average molecular weight is 279 g/mol. The number of hydrogen-bond acceptors (Lipinski definition) is 1. The SMILES string of the molecule is COc1ccc(F)cc1C(Cl)c1ccc(C)cc1C. The molecule has 0 N–H and O–H groups in total. The van der Waals surface area contributed by atoms with E-state index in [2.05, 4.69) is 6.07 Å². The van der Waals surface area contributed by atoms with Crippen LogP contribution in [0.3, 0.4) is 0 Å². The summed E-state index contributed by atoms with van der Waals surface area (Å²) in [5.74, 6) is 0.285. The summed E-state index contributed by atoms with van der Waals surface area (Å²) in [6, 6.07) is 10.4. The Kier molecular flexibility index (Phi) is 4.11. The molecule has 2 rings (SSSR count). The highest BCUT2D eigenvalue weighted by atomic mass is 35.5. The van der Waals surface area contributed by atoms with Gasteiger partial charge in [-0.1, -0.05) is 23.8 Å². The maximum atomic E-state index is 13.4. The minimum Gasteiger partial charge on any atom is -0.496 e. The number of aryl methyl sites for hydroxylation is 2. The van der Waals surface area contributed by atoms with Crippen molar-refractivity contribution in [3.63, 3.8) is 0 Å². The minimum absolute atomic E-state index is 0.314. The number of alkyl halides is 1. The zero-order chi connectivity index (χ0) is 14.0. The standard InChI is InChI=1S/C16H16ClFO/c1-10-4-6-13(11(2)8-10)16(17)14-9-12(18)5-7-15(14)19-3/h4-9,16H,1-3H3. The molecule has 0 aliphatic heterocycles. The van der Waals surface area contributed by atoms with Crippen molar-refractivity contribution in [3.05, 3.63) is 64.5 Å². The molecule has 1 atom stereocenters. The Bertz CT molecular complexity index is 595. The van der Waals surface area contributed by atoms with E-state index in [1.807, 2.05) is 26.0 Å². The van der Waals surface area contributed by atoms with Gasteiger partial charge in [-0.05, 0) is 43.2 Å². The van der Waals surface area contributed by atoms with Crippen LogP contribution in [0, 0.1) is 19.7 Å². The van der Waals surface area contributed by atoms with Crippen molar-refractivity contribution in [1.29, 1.82) is 0 Å². The van der Waals surface area contributed by atoms with Gasteiger partial charge in [0.05, 0.1) is 12.5 Å². The van der Waals surface area contributed by atoms with Crippen LogP contribution in [0.4, 0.5) is 4.39 Å². The van der Waals surface area contributed by atoms with E-state index in [0.29, 0.717) is 11.3 Å². The molecule has 0 bridgehead atoms. The molecule has 0 saturated heterocycles. The zero-order valence-corrected chi connectivity index (χ0v) is 12.0. The van der Waals surface area contributed by atoms with Crippen LogP contribution in [0.25, 0.3) is 0 Å². The third-order valence-electron chi connectivity index (χ3n) is 3.16. The highest BCUT2D eigenvalue weighted by molar-refractivity contribution is 6.23. The van der Waals surface area contributed by atoms with E-state index in [9.17, 15) is 4.39 Å². The molecule has 0 spiro atoms. The first-order chi connectivity index (χ1) is 9.02. The molecule has 0 aliphatic rings. The van der Waals surface area contributed by atoms with Crippen molar-refractivity contribution >= 4 is 11.6 Å². The number of benzene rings is 2. The van der Waals surface area contributed by atoms with E-state index in [-0.39, 0.29) is 5.82 Å². The van der Waals surface area contributed by atoms with Crippen LogP contribution in [-0.4, -0.2) is 7.11 Å². The molecular weight excluding hydrogens is 263 g/mol. The Balaban J connectivity index is 2.49. The summed E-state index contributed by atoms with van der Waals surface area (Å²) in [5.41, 5.74) is 3.88. The van der Waals surface area contributed by atoms with E-state index in [1.54, 1.807) is 13.2 Å². The highest BCUT2D eigenvalue weighted by Gasteiger charge is 2.18. The first kappa shape index (κ1) is 13.9. The van der Waals surface area contributed by atoms with Gasteiger partial charge >= 0.3 is 0 Å². The molecular formula is C16H16ClFO. The Morgan fingerprint density at radius 2 is 1.79 bits per heavy atom.